The molecule has 0 saturated heterocycles. The summed E-state index contributed by atoms with van der Waals surface area (Å²) in [5, 5.41) is 0. The Labute approximate surface area is 192 Å². The van der Waals surface area contributed by atoms with Crippen molar-refractivity contribution in [1.29, 1.82) is 0 Å². The van der Waals surface area contributed by atoms with Crippen LogP contribution in [0.2, 0.25) is 0 Å². The first-order chi connectivity index (χ1) is 15.5. The summed E-state index contributed by atoms with van der Waals surface area (Å²) in [6, 6.07) is 28.7. The third-order valence-corrected chi connectivity index (χ3v) is 7.05. The molecule has 0 N–H and O–H groups in total. The summed E-state index contributed by atoms with van der Waals surface area (Å²) in [6.45, 7) is 8.61. The number of sulfone groups is 1. The second kappa shape index (κ2) is 11.4. The Balaban J connectivity index is 1.92. The highest BCUT2D eigenvalue weighted by Gasteiger charge is 2.24. The Morgan fingerprint density at radius 1 is 0.844 bits per heavy atom. The monoisotopic (exact) mass is 443 g/mol. The minimum Gasteiger partial charge on any atom is -0.287 e. The first-order valence-electron chi connectivity index (χ1n) is 10.6. The molecule has 3 aromatic carbocycles. The SMILES string of the molecule is C=C/C=C\[C@H](Cc1ccccc1)N(CC(=C)S(=O)(=O)c1ccccc1)Cc1ccccc1. The summed E-state index contributed by atoms with van der Waals surface area (Å²) >= 11 is 0. The van der Waals surface area contributed by atoms with Gasteiger partial charge in [-0.25, -0.2) is 8.42 Å². The number of benzene rings is 3. The number of allylic oxidation sites excluding steroid dienone is 2. The van der Waals surface area contributed by atoms with Crippen LogP contribution < -0.4 is 0 Å². The highest BCUT2D eigenvalue weighted by Crippen LogP contribution is 2.22. The Bertz CT molecular complexity index is 1140. The molecule has 1 atom stereocenters. The van der Waals surface area contributed by atoms with Gasteiger partial charge in [0.2, 0.25) is 9.84 Å². The zero-order valence-corrected chi connectivity index (χ0v) is 19.0. The van der Waals surface area contributed by atoms with Gasteiger partial charge in [-0.1, -0.05) is 110 Å². The molecule has 0 bridgehead atoms. The highest BCUT2D eigenvalue weighted by atomic mass is 32.2. The van der Waals surface area contributed by atoms with Gasteiger partial charge in [-0.15, -0.1) is 0 Å². The number of hydrogen-bond acceptors (Lipinski definition) is 3. The number of nitrogens with zero attached hydrogens (tertiary/aromatic N) is 1. The predicted octanol–water partition coefficient (Wildman–Crippen LogP) is 5.83. The summed E-state index contributed by atoms with van der Waals surface area (Å²) in [5.74, 6) is 0. The topological polar surface area (TPSA) is 37.4 Å². The average Bonchev–Trinajstić information content (AvgIpc) is 2.83. The minimum atomic E-state index is -3.63. The summed E-state index contributed by atoms with van der Waals surface area (Å²) in [5.41, 5.74) is 2.29. The van der Waals surface area contributed by atoms with E-state index in [9.17, 15) is 8.42 Å². The van der Waals surface area contributed by atoms with Crippen LogP contribution in [0.3, 0.4) is 0 Å². The molecule has 4 heteroatoms. The van der Waals surface area contributed by atoms with Crippen LogP contribution in [0.15, 0.2) is 132 Å². The van der Waals surface area contributed by atoms with Gasteiger partial charge in [0.05, 0.1) is 9.80 Å². The summed E-state index contributed by atoms with van der Waals surface area (Å²) in [4.78, 5) is 2.61. The third-order valence-electron chi connectivity index (χ3n) is 5.27. The molecule has 0 spiro atoms. The summed E-state index contributed by atoms with van der Waals surface area (Å²) in [6.07, 6.45) is 6.48. The van der Waals surface area contributed by atoms with Gasteiger partial charge in [0.25, 0.3) is 0 Å². The van der Waals surface area contributed by atoms with Gasteiger partial charge in [-0.2, -0.15) is 0 Å². The van der Waals surface area contributed by atoms with Gasteiger partial charge < -0.3 is 0 Å². The second-order valence-corrected chi connectivity index (χ2v) is 9.68. The van der Waals surface area contributed by atoms with Crippen molar-refractivity contribution in [2.24, 2.45) is 0 Å². The zero-order valence-electron chi connectivity index (χ0n) is 18.2. The quantitative estimate of drug-likeness (QED) is 0.350. The van der Waals surface area contributed by atoms with Crippen molar-refractivity contribution in [2.75, 3.05) is 6.54 Å². The van der Waals surface area contributed by atoms with Crippen LogP contribution in [-0.4, -0.2) is 25.9 Å². The largest absolute Gasteiger partial charge is 0.287 e. The van der Waals surface area contributed by atoms with Crippen LogP contribution in [0, 0.1) is 0 Å². The Morgan fingerprint density at radius 2 is 1.38 bits per heavy atom. The number of hydrogen-bond donors (Lipinski definition) is 0. The highest BCUT2D eigenvalue weighted by molar-refractivity contribution is 7.95. The second-order valence-electron chi connectivity index (χ2n) is 7.62. The van der Waals surface area contributed by atoms with Crippen LogP contribution in [0.5, 0.6) is 0 Å². The molecule has 0 radical (unpaired) electrons. The fourth-order valence-electron chi connectivity index (χ4n) is 3.57. The van der Waals surface area contributed by atoms with E-state index in [0.717, 1.165) is 12.0 Å². The standard InChI is InChI=1S/C28H29NO2S/c1-3-4-18-27(21-25-14-8-5-9-15-25)29(23-26-16-10-6-11-17-26)22-24(2)32(30,31)28-19-12-7-13-20-28/h3-20,27H,1-2,21-23H2/b18-4-/t27-/m1/s1. The van der Waals surface area contributed by atoms with E-state index in [4.69, 9.17) is 0 Å². The first kappa shape index (κ1) is 23.5. The lowest BCUT2D eigenvalue weighted by Gasteiger charge is -2.31. The van der Waals surface area contributed by atoms with Crippen LogP contribution in [-0.2, 0) is 22.8 Å². The molecule has 0 unspecified atom stereocenters. The van der Waals surface area contributed by atoms with Crippen molar-refractivity contribution in [2.45, 2.75) is 23.9 Å². The van der Waals surface area contributed by atoms with E-state index in [1.807, 2.05) is 42.5 Å². The smallest absolute Gasteiger partial charge is 0.203 e. The van der Waals surface area contributed by atoms with E-state index in [0.29, 0.717) is 6.54 Å². The van der Waals surface area contributed by atoms with E-state index in [2.05, 4.69) is 48.4 Å². The lowest BCUT2D eigenvalue weighted by Crippen LogP contribution is -2.37. The molecule has 3 nitrogen and oxygen atoms in total. The molecule has 0 aliphatic rings. The Kier molecular flexibility index (Phi) is 8.37. The molecule has 32 heavy (non-hydrogen) atoms. The van der Waals surface area contributed by atoms with Crippen molar-refractivity contribution in [3.05, 3.63) is 138 Å². The van der Waals surface area contributed by atoms with E-state index >= 15 is 0 Å². The number of rotatable bonds is 11. The molecule has 0 aliphatic carbocycles. The molecule has 0 fully saturated rings. The van der Waals surface area contributed by atoms with Crippen molar-refractivity contribution < 1.29 is 8.42 Å². The first-order valence-corrected chi connectivity index (χ1v) is 12.1. The van der Waals surface area contributed by atoms with E-state index in [1.165, 1.54) is 5.56 Å². The van der Waals surface area contributed by atoms with Crippen LogP contribution in [0.4, 0.5) is 0 Å². The molecule has 0 saturated carbocycles. The maximum Gasteiger partial charge on any atom is 0.203 e. The fourth-order valence-corrected chi connectivity index (χ4v) is 4.75. The normalized spacial score (nSPS) is 12.7. The summed E-state index contributed by atoms with van der Waals surface area (Å²) < 4.78 is 26.3. The van der Waals surface area contributed by atoms with Crippen molar-refractivity contribution >= 4 is 9.84 Å². The van der Waals surface area contributed by atoms with Crippen molar-refractivity contribution in [3.8, 4) is 0 Å². The Morgan fingerprint density at radius 3 is 1.94 bits per heavy atom. The van der Waals surface area contributed by atoms with Crippen molar-refractivity contribution in [3.63, 3.8) is 0 Å². The zero-order chi connectivity index (χ0) is 22.8. The lowest BCUT2D eigenvalue weighted by atomic mass is 10.0. The molecule has 3 rings (SSSR count). The Hall–Kier alpha value is -3.21. The average molecular weight is 444 g/mol. The molecule has 0 amide bonds. The van der Waals surface area contributed by atoms with Gasteiger partial charge in [0, 0.05) is 19.1 Å². The molecule has 3 aromatic rings. The molecular weight excluding hydrogens is 414 g/mol. The van der Waals surface area contributed by atoms with Gasteiger partial charge in [0.15, 0.2) is 0 Å². The van der Waals surface area contributed by atoms with Gasteiger partial charge in [0.1, 0.15) is 0 Å². The van der Waals surface area contributed by atoms with Gasteiger partial charge in [-0.05, 0) is 29.7 Å². The maximum atomic E-state index is 13.2. The van der Waals surface area contributed by atoms with E-state index < -0.39 is 9.84 Å². The van der Waals surface area contributed by atoms with Crippen LogP contribution >= 0.6 is 0 Å². The third kappa shape index (κ3) is 6.39. The molecule has 0 heterocycles. The van der Waals surface area contributed by atoms with Crippen LogP contribution in [0.25, 0.3) is 0 Å². The van der Waals surface area contributed by atoms with E-state index in [-0.39, 0.29) is 22.4 Å². The van der Waals surface area contributed by atoms with Gasteiger partial charge in [-0.3, -0.25) is 4.90 Å². The lowest BCUT2D eigenvalue weighted by molar-refractivity contribution is 0.241. The van der Waals surface area contributed by atoms with Crippen LogP contribution in [0.1, 0.15) is 11.1 Å². The molecule has 164 valence electrons. The predicted molar refractivity (Wildman–Crippen MR) is 133 cm³/mol. The molecular formula is C28H29NO2S. The molecule has 0 aromatic heterocycles. The van der Waals surface area contributed by atoms with Gasteiger partial charge >= 0.3 is 0 Å². The minimum absolute atomic E-state index is 0.0293. The van der Waals surface area contributed by atoms with E-state index in [1.54, 1.807) is 36.4 Å². The fraction of sp³-hybridized carbons (Fsp3) is 0.143. The van der Waals surface area contributed by atoms with Crippen molar-refractivity contribution in [1.82, 2.24) is 4.90 Å². The summed E-state index contributed by atoms with van der Waals surface area (Å²) in [7, 11) is -3.63. The maximum absolute atomic E-state index is 13.2. The molecule has 0 aliphatic heterocycles.